The molecule has 0 bridgehead atoms. The summed E-state index contributed by atoms with van der Waals surface area (Å²) in [5.74, 6) is 2.20. The van der Waals surface area contributed by atoms with Gasteiger partial charge in [-0.25, -0.2) is 5.43 Å². The van der Waals surface area contributed by atoms with Gasteiger partial charge < -0.3 is 18.9 Å². The number of carbonyl (C=O) groups excluding carboxylic acids is 1. The van der Waals surface area contributed by atoms with E-state index in [0.717, 1.165) is 5.56 Å². The minimum atomic E-state index is -0.375. The van der Waals surface area contributed by atoms with Crippen molar-refractivity contribution in [3.63, 3.8) is 0 Å². The molecule has 7 nitrogen and oxygen atoms in total. The van der Waals surface area contributed by atoms with E-state index in [2.05, 4.69) is 26.5 Å². The van der Waals surface area contributed by atoms with Crippen LogP contribution in [0, 0.1) is 0 Å². The summed E-state index contributed by atoms with van der Waals surface area (Å²) in [7, 11) is 1.58. The molecule has 0 aliphatic carbocycles. The van der Waals surface area contributed by atoms with Crippen LogP contribution in [0.4, 0.5) is 0 Å². The van der Waals surface area contributed by atoms with Gasteiger partial charge in [0.15, 0.2) is 18.1 Å². The van der Waals surface area contributed by atoms with Crippen molar-refractivity contribution in [2.45, 2.75) is 0 Å². The SMILES string of the molecule is COc1ccc(OCC(=O)NN=Cc2ccc3c(c2)OCO3)c(Br)c1. The summed E-state index contributed by atoms with van der Waals surface area (Å²) in [4.78, 5) is 11.8. The summed E-state index contributed by atoms with van der Waals surface area (Å²) in [5.41, 5.74) is 3.19. The van der Waals surface area contributed by atoms with Crippen molar-refractivity contribution in [1.82, 2.24) is 5.43 Å². The first-order valence-electron chi connectivity index (χ1n) is 7.33. The standard InChI is InChI=1S/C17H15BrN2O5/c1-22-12-3-5-14(13(18)7-12)23-9-17(21)20-19-8-11-2-4-15-16(6-11)25-10-24-15/h2-8H,9-10H2,1H3,(H,20,21). The first-order chi connectivity index (χ1) is 12.2. The van der Waals surface area contributed by atoms with Crippen molar-refractivity contribution in [2.75, 3.05) is 20.5 Å². The van der Waals surface area contributed by atoms with Crippen LogP contribution in [0.1, 0.15) is 5.56 Å². The highest BCUT2D eigenvalue weighted by atomic mass is 79.9. The van der Waals surface area contributed by atoms with Crippen LogP contribution in [-0.4, -0.2) is 32.6 Å². The third-order valence-electron chi connectivity index (χ3n) is 3.30. The van der Waals surface area contributed by atoms with Crippen molar-refractivity contribution in [2.24, 2.45) is 5.10 Å². The first kappa shape index (κ1) is 17.1. The average Bonchev–Trinajstić information content (AvgIpc) is 3.08. The predicted molar refractivity (Wildman–Crippen MR) is 94.5 cm³/mol. The fourth-order valence-electron chi connectivity index (χ4n) is 2.07. The molecule has 1 N–H and O–H groups in total. The van der Waals surface area contributed by atoms with E-state index >= 15 is 0 Å². The number of carbonyl (C=O) groups is 1. The molecule has 1 aliphatic rings. The maximum Gasteiger partial charge on any atom is 0.277 e. The van der Waals surface area contributed by atoms with Crippen LogP contribution >= 0.6 is 15.9 Å². The summed E-state index contributed by atoms with van der Waals surface area (Å²) in [6, 6.07) is 10.6. The average molecular weight is 407 g/mol. The minimum absolute atomic E-state index is 0.163. The van der Waals surface area contributed by atoms with Crippen LogP contribution < -0.4 is 24.4 Å². The Hall–Kier alpha value is -2.74. The largest absolute Gasteiger partial charge is 0.497 e. The van der Waals surface area contributed by atoms with Crippen LogP contribution in [-0.2, 0) is 4.79 Å². The molecule has 3 rings (SSSR count). The van der Waals surface area contributed by atoms with E-state index in [1.54, 1.807) is 37.4 Å². The molecule has 0 aromatic heterocycles. The lowest BCUT2D eigenvalue weighted by Gasteiger charge is -2.08. The van der Waals surface area contributed by atoms with Crippen molar-refractivity contribution >= 4 is 28.1 Å². The molecule has 25 heavy (non-hydrogen) atoms. The van der Waals surface area contributed by atoms with Gasteiger partial charge in [-0.2, -0.15) is 5.10 Å². The van der Waals surface area contributed by atoms with Crippen LogP contribution in [0.15, 0.2) is 46.0 Å². The maximum atomic E-state index is 11.8. The normalized spacial score (nSPS) is 12.2. The quantitative estimate of drug-likeness (QED) is 0.589. The fraction of sp³-hybridized carbons (Fsp3) is 0.176. The second-order valence-corrected chi connectivity index (χ2v) is 5.85. The molecule has 1 heterocycles. The van der Waals surface area contributed by atoms with Crippen molar-refractivity contribution in [1.29, 1.82) is 0 Å². The highest BCUT2D eigenvalue weighted by Gasteiger charge is 2.12. The minimum Gasteiger partial charge on any atom is -0.497 e. The molecule has 0 unspecified atom stereocenters. The number of rotatable bonds is 6. The lowest BCUT2D eigenvalue weighted by molar-refractivity contribution is -0.123. The molecule has 0 saturated heterocycles. The number of halogens is 1. The van der Waals surface area contributed by atoms with Gasteiger partial charge in [0, 0.05) is 0 Å². The third-order valence-corrected chi connectivity index (χ3v) is 3.92. The van der Waals surface area contributed by atoms with Gasteiger partial charge in [-0.15, -0.1) is 0 Å². The van der Waals surface area contributed by atoms with Crippen molar-refractivity contribution in [3.8, 4) is 23.0 Å². The van der Waals surface area contributed by atoms with Crippen molar-refractivity contribution in [3.05, 3.63) is 46.4 Å². The lowest BCUT2D eigenvalue weighted by Crippen LogP contribution is -2.24. The van der Waals surface area contributed by atoms with Crippen LogP contribution in [0.25, 0.3) is 0 Å². The number of methoxy groups -OCH3 is 1. The molecule has 0 radical (unpaired) electrons. The highest BCUT2D eigenvalue weighted by Crippen LogP contribution is 2.32. The van der Waals surface area contributed by atoms with E-state index in [-0.39, 0.29) is 19.3 Å². The molecule has 130 valence electrons. The zero-order valence-corrected chi connectivity index (χ0v) is 14.9. The summed E-state index contributed by atoms with van der Waals surface area (Å²) < 4.78 is 21.7. The number of hydrogen-bond donors (Lipinski definition) is 1. The smallest absolute Gasteiger partial charge is 0.277 e. The molecule has 0 atom stereocenters. The van der Waals surface area contributed by atoms with Crippen LogP contribution in [0.3, 0.4) is 0 Å². The predicted octanol–water partition coefficient (Wildman–Crippen LogP) is 2.72. The molecule has 0 spiro atoms. The molecule has 1 amide bonds. The van der Waals surface area contributed by atoms with Crippen LogP contribution in [0.5, 0.6) is 23.0 Å². The van der Waals surface area contributed by atoms with E-state index in [4.69, 9.17) is 18.9 Å². The number of hydrogen-bond acceptors (Lipinski definition) is 6. The summed E-state index contributed by atoms with van der Waals surface area (Å²) in [6.07, 6.45) is 1.52. The van der Waals surface area contributed by atoms with Gasteiger partial charge in [0.25, 0.3) is 5.91 Å². The second-order valence-electron chi connectivity index (χ2n) is 4.99. The maximum absolute atomic E-state index is 11.8. The second kappa shape index (κ2) is 7.89. The zero-order valence-electron chi connectivity index (χ0n) is 13.3. The van der Waals surface area contributed by atoms with E-state index in [1.165, 1.54) is 6.21 Å². The van der Waals surface area contributed by atoms with Gasteiger partial charge in [-0.3, -0.25) is 4.79 Å². The molecule has 2 aromatic carbocycles. The highest BCUT2D eigenvalue weighted by molar-refractivity contribution is 9.10. The van der Waals surface area contributed by atoms with Crippen molar-refractivity contribution < 1.29 is 23.7 Å². The molecule has 1 aliphatic heterocycles. The van der Waals surface area contributed by atoms with E-state index in [0.29, 0.717) is 27.5 Å². The number of amides is 1. The molecular weight excluding hydrogens is 392 g/mol. The topological polar surface area (TPSA) is 78.4 Å². The number of fused-ring (bicyclic) bond motifs is 1. The monoisotopic (exact) mass is 406 g/mol. The van der Waals surface area contributed by atoms with Gasteiger partial charge in [0.05, 0.1) is 17.8 Å². The Morgan fingerprint density at radius 3 is 2.92 bits per heavy atom. The summed E-state index contributed by atoms with van der Waals surface area (Å²) in [5, 5.41) is 3.90. The number of hydrazone groups is 1. The summed E-state index contributed by atoms with van der Waals surface area (Å²) in [6.45, 7) is 0.0499. The third kappa shape index (κ3) is 4.42. The number of nitrogens with zero attached hydrogens (tertiary/aromatic N) is 1. The van der Waals surface area contributed by atoms with Gasteiger partial charge in [-0.05, 0) is 57.9 Å². The van der Waals surface area contributed by atoms with E-state index in [9.17, 15) is 4.79 Å². The molecular formula is C17H15BrN2O5. The Bertz CT molecular complexity index is 810. The Morgan fingerprint density at radius 2 is 2.12 bits per heavy atom. The fourth-order valence-corrected chi connectivity index (χ4v) is 2.55. The Balaban J connectivity index is 1.49. The van der Waals surface area contributed by atoms with Crippen LogP contribution in [0.2, 0.25) is 0 Å². The number of ether oxygens (including phenoxy) is 4. The Kier molecular flexibility index (Phi) is 5.39. The Labute approximate surface area is 152 Å². The van der Waals surface area contributed by atoms with E-state index in [1.807, 2.05) is 6.07 Å². The zero-order chi connectivity index (χ0) is 17.6. The number of nitrogens with one attached hydrogen (secondary N) is 1. The first-order valence-corrected chi connectivity index (χ1v) is 8.13. The van der Waals surface area contributed by atoms with Gasteiger partial charge in [-0.1, -0.05) is 0 Å². The molecule has 8 heteroatoms. The Morgan fingerprint density at radius 1 is 1.28 bits per heavy atom. The van der Waals surface area contributed by atoms with E-state index < -0.39 is 0 Å². The lowest BCUT2D eigenvalue weighted by atomic mass is 10.2. The number of benzene rings is 2. The van der Waals surface area contributed by atoms with Gasteiger partial charge in [0.1, 0.15) is 11.5 Å². The molecule has 2 aromatic rings. The molecule has 0 fully saturated rings. The molecule has 0 saturated carbocycles. The van der Waals surface area contributed by atoms with Gasteiger partial charge in [0.2, 0.25) is 6.79 Å². The summed E-state index contributed by atoms with van der Waals surface area (Å²) >= 11 is 3.36. The van der Waals surface area contributed by atoms with Gasteiger partial charge >= 0.3 is 0 Å².